The Kier molecular flexibility index (Phi) is 9.81. The quantitative estimate of drug-likeness (QED) is 0.189. The summed E-state index contributed by atoms with van der Waals surface area (Å²) in [4.78, 5) is 0. The van der Waals surface area contributed by atoms with Crippen molar-refractivity contribution in [3.05, 3.63) is 103 Å². The maximum absolute atomic E-state index is 5.81. The Hall–Kier alpha value is -1.53. The van der Waals surface area contributed by atoms with Gasteiger partial charge in [-0.2, -0.15) is 0 Å². The first-order chi connectivity index (χ1) is 22.9. The molecule has 0 aromatic heterocycles. The molecule has 4 saturated carbocycles. The molecule has 3 heteroatoms. The summed E-state index contributed by atoms with van der Waals surface area (Å²) < 4.78 is 13.5. The number of allylic oxidation sites excluding steroid dienone is 4. The topological polar surface area (TPSA) is 0 Å². The molecule has 0 radical (unpaired) electrons. The van der Waals surface area contributed by atoms with Crippen LogP contribution in [-0.2, 0) is 35.5 Å². The molecule has 1 atom stereocenters. The van der Waals surface area contributed by atoms with Crippen LogP contribution in [0.15, 0.2) is 75.1 Å². The second-order valence-corrected chi connectivity index (χ2v) is 34.4. The minimum atomic E-state index is -4.56. The fraction of sp³-hybridized carbons (Fsp3) is 0.521. The van der Waals surface area contributed by atoms with Gasteiger partial charge in [0.15, 0.2) is 0 Å². The van der Waals surface area contributed by atoms with Crippen molar-refractivity contribution in [1.29, 1.82) is 0 Å². The fourth-order valence-electron chi connectivity index (χ4n) is 12.8. The van der Waals surface area contributed by atoms with Crippen molar-refractivity contribution in [2.24, 2.45) is 29.1 Å². The second-order valence-electron chi connectivity index (χ2n) is 20.6. The first-order valence-electron chi connectivity index (χ1n) is 19.7. The summed E-state index contributed by atoms with van der Waals surface area (Å²) in [7, 11) is 0. The summed E-state index contributed by atoms with van der Waals surface area (Å²) in [5.74, 6) is 3.39. The first kappa shape index (κ1) is 39.2. The third kappa shape index (κ3) is 6.15. The molecule has 6 aliphatic carbocycles. The molecule has 0 aliphatic heterocycles. The van der Waals surface area contributed by atoms with Crippen LogP contribution < -0.4 is 6.54 Å². The van der Waals surface area contributed by atoms with Crippen LogP contribution >= 0.6 is 24.8 Å². The molecule has 4 fully saturated rings. The van der Waals surface area contributed by atoms with Crippen molar-refractivity contribution in [1.82, 2.24) is 0 Å². The number of fused-ring (bicyclic) bond motifs is 3. The number of hydrogen-bond acceptors (Lipinski definition) is 0. The van der Waals surface area contributed by atoms with Gasteiger partial charge in [-0.15, -0.1) is 24.8 Å². The van der Waals surface area contributed by atoms with E-state index in [0.717, 1.165) is 24.2 Å². The van der Waals surface area contributed by atoms with E-state index in [1.807, 2.05) is 0 Å². The molecule has 0 heterocycles. The molecule has 0 N–H and O–H groups in total. The van der Waals surface area contributed by atoms with E-state index < -0.39 is 18.3 Å². The molecule has 0 amide bonds. The minimum absolute atomic E-state index is 0. The van der Waals surface area contributed by atoms with Crippen LogP contribution in [0, 0.1) is 36.0 Å². The van der Waals surface area contributed by atoms with Crippen LogP contribution in [0.2, 0.25) is 4.63 Å². The summed E-state index contributed by atoms with van der Waals surface area (Å²) in [5, 5.41) is 0. The predicted molar refractivity (Wildman–Crippen MR) is 225 cm³/mol. The average molecular weight is 803 g/mol. The van der Waals surface area contributed by atoms with Gasteiger partial charge >= 0.3 is 301 Å². The number of aryl methyl sites for hydroxylation is 1. The summed E-state index contributed by atoms with van der Waals surface area (Å²) in [6.45, 7) is 21.7. The molecule has 9 rings (SSSR count). The van der Waals surface area contributed by atoms with Gasteiger partial charge in [-0.3, -0.25) is 0 Å². The zero-order valence-corrected chi connectivity index (χ0v) is 37.4. The predicted octanol–water partition coefficient (Wildman–Crippen LogP) is 12.6. The maximum atomic E-state index is 5.81. The molecule has 3 aromatic rings. The third-order valence-electron chi connectivity index (χ3n) is 14.5. The molecule has 0 spiro atoms. The third-order valence-corrected chi connectivity index (χ3v) is 29.5. The number of benzene rings is 3. The summed E-state index contributed by atoms with van der Waals surface area (Å²) >= 11 is -4.56. The normalized spacial score (nSPS) is 26.8. The van der Waals surface area contributed by atoms with Gasteiger partial charge in [-0.05, 0) is 0 Å². The Morgan fingerprint density at radius 1 is 0.765 bits per heavy atom. The van der Waals surface area contributed by atoms with E-state index >= 15 is 0 Å². The molecular formula is C48H64Cl2Zr. The standard InChI is InChI=1S/C21H25.C18H25.C7H7.CH3.CH2.2ClH.Zr/c1-20(2,3)16-7-9-18-14(12-16)11-15-13-17(21(4,5)6)8-10-19(15)18;1-12-3-13(2)17(4-12)11-18-8-14-5-15(9-18)7-16(6-14)10-18;1-7-5-3-2-4-6-7;;;;;/h7-10,12H,11H2,1-6H3;4,12,14-16H,5-11H2,1-2H3;3-6H,1H3;1H3;1H2;2*1H;. The first-order valence-corrected chi connectivity index (χ1v) is 27.6. The SMILES string of the molecule is Cl.Cl.[CH2]=[Zr]([CH3])([C]1=C(C)C(CC23CC4CC(CC(C4)C2)C3)=CC1C)([c]1ccc(C)cc1)[c]1c(C(C)(C)C)ccc2c1Cc1cc(C(C)(C)C)ccc1-2. The molecule has 0 saturated heterocycles. The molecule has 3 aromatic carbocycles. The monoisotopic (exact) mass is 800 g/mol. The van der Waals surface area contributed by atoms with E-state index in [1.165, 1.54) is 81.6 Å². The van der Waals surface area contributed by atoms with Crippen molar-refractivity contribution < 1.29 is 18.3 Å². The van der Waals surface area contributed by atoms with Crippen LogP contribution in [0.4, 0.5) is 0 Å². The van der Waals surface area contributed by atoms with Crippen molar-refractivity contribution in [3.8, 4) is 11.1 Å². The Balaban J connectivity index is 0.00000224. The summed E-state index contributed by atoms with van der Waals surface area (Å²) in [6, 6.07) is 22.1. The van der Waals surface area contributed by atoms with E-state index in [0.29, 0.717) is 11.3 Å². The van der Waals surface area contributed by atoms with E-state index in [4.69, 9.17) is 4.21 Å². The zero-order valence-electron chi connectivity index (χ0n) is 33.3. The Labute approximate surface area is 323 Å². The molecule has 51 heavy (non-hydrogen) atoms. The van der Waals surface area contributed by atoms with Gasteiger partial charge < -0.3 is 0 Å². The number of halogens is 2. The van der Waals surface area contributed by atoms with Gasteiger partial charge in [-0.25, -0.2) is 0 Å². The van der Waals surface area contributed by atoms with E-state index in [9.17, 15) is 0 Å². The molecule has 1 unspecified atom stereocenters. The molecular weight excluding hydrogens is 739 g/mol. The molecule has 0 nitrogen and oxygen atoms in total. The average Bonchev–Trinajstić information content (AvgIpc) is 3.50. The molecule has 6 aliphatic rings. The molecule has 274 valence electrons. The van der Waals surface area contributed by atoms with Crippen LogP contribution in [0.5, 0.6) is 0 Å². The van der Waals surface area contributed by atoms with Crippen LogP contribution in [0.25, 0.3) is 11.1 Å². The number of rotatable bonds is 5. The van der Waals surface area contributed by atoms with Gasteiger partial charge in [0.25, 0.3) is 0 Å². The summed E-state index contributed by atoms with van der Waals surface area (Å²) in [5.41, 5.74) is 14.3. The number of hydrogen-bond donors (Lipinski definition) is 0. The van der Waals surface area contributed by atoms with Crippen LogP contribution in [0.1, 0.15) is 128 Å². The van der Waals surface area contributed by atoms with E-state index in [2.05, 4.69) is 128 Å². The zero-order chi connectivity index (χ0) is 34.9. The van der Waals surface area contributed by atoms with E-state index in [-0.39, 0.29) is 35.6 Å². The van der Waals surface area contributed by atoms with Crippen molar-refractivity contribution in [2.45, 2.75) is 129 Å². The Morgan fingerprint density at radius 2 is 1.33 bits per heavy atom. The fourth-order valence-corrected chi connectivity index (χ4v) is 29.2. The van der Waals surface area contributed by atoms with Gasteiger partial charge in [0.05, 0.1) is 0 Å². The van der Waals surface area contributed by atoms with Gasteiger partial charge in [-0.1, -0.05) is 0 Å². The van der Waals surface area contributed by atoms with Crippen LogP contribution in [0.3, 0.4) is 0 Å². The molecule has 4 bridgehead atoms. The van der Waals surface area contributed by atoms with Crippen molar-refractivity contribution >= 4 is 35.6 Å². The van der Waals surface area contributed by atoms with Crippen molar-refractivity contribution in [2.75, 3.05) is 0 Å². The Morgan fingerprint density at radius 3 is 1.88 bits per heavy atom. The Bertz CT molecular complexity index is 1970. The van der Waals surface area contributed by atoms with E-state index in [1.54, 1.807) is 23.3 Å². The van der Waals surface area contributed by atoms with Crippen molar-refractivity contribution in [3.63, 3.8) is 0 Å². The van der Waals surface area contributed by atoms with Gasteiger partial charge in [0.2, 0.25) is 0 Å². The van der Waals surface area contributed by atoms with Crippen LogP contribution in [-0.4, -0.2) is 4.21 Å². The van der Waals surface area contributed by atoms with Gasteiger partial charge in [0.1, 0.15) is 0 Å². The summed E-state index contributed by atoms with van der Waals surface area (Å²) in [6.07, 6.45) is 14.0. The second kappa shape index (κ2) is 12.8. The van der Waals surface area contributed by atoms with Gasteiger partial charge in [0, 0.05) is 0 Å².